The highest BCUT2D eigenvalue weighted by atomic mass is 19.1. The zero-order valence-corrected chi connectivity index (χ0v) is 15.4. The summed E-state index contributed by atoms with van der Waals surface area (Å²) in [7, 11) is 1.60. The third kappa shape index (κ3) is 2.95. The van der Waals surface area contributed by atoms with Gasteiger partial charge >= 0.3 is 0 Å². The number of halogens is 2. The number of anilines is 1. The maximum absolute atomic E-state index is 14.6. The fraction of sp³-hybridized carbons (Fsp3) is 0.421. The number of nitrogens with zero attached hydrogens (tertiary/aromatic N) is 4. The molecule has 0 amide bonds. The molecule has 9 heteroatoms. The molecular formula is C19H20F2N6O. The van der Waals surface area contributed by atoms with E-state index >= 15 is 0 Å². The van der Waals surface area contributed by atoms with E-state index in [1.807, 2.05) is 0 Å². The molecule has 5 rings (SSSR count). The predicted octanol–water partition coefficient (Wildman–Crippen LogP) is 2.73. The average molecular weight is 386 g/mol. The van der Waals surface area contributed by atoms with Gasteiger partial charge in [0, 0.05) is 30.6 Å². The molecule has 1 saturated heterocycles. The van der Waals surface area contributed by atoms with E-state index in [2.05, 4.69) is 25.7 Å². The van der Waals surface area contributed by atoms with Crippen LogP contribution in [0, 0.1) is 11.6 Å². The van der Waals surface area contributed by atoms with Crippen molar-refractivity contribution in [1.29, 1.82) is 0 Å². The van der Waals surface area contributed by atoms with Gasteiger partial charge in [-0.2, -0.15) is 5.10 Å². The first-order valence-corrected chi connectivity index (χ1v) is 9.40. The van der Waals surface area contributed by atoms with Crippen LogP contribution in [0.15, 0.2) is 18.3 Å². The van der Waals surface area contributed by atoms with Crippen molar-refractivity contribution < 1.29 is 13.5 Å². The topological polar surface area (TPSA) is 76.4 Å². The summed E-state index contributed by atoms with van der Waals surface area (Å²) in [4.78, 5) is 8.55. The van der Waals surface area contributed by atoms with Crippen LogP contribution in [0.1, 0.15) is 30.9 Å². The van der Waals surface area contributed by atoms with E-state index in [1.54, 1.807) is 17.7 Å². The quantitative estimate of drug-likeness (QED) is 0.702. The van der Waals surface area contributed by atoms with Crippen LogP contribution in [0.3, 0.4) is 0 Å². The fourth-order valence-electron chi connectivity index (χ4n) is 3.59. The summed E-state index contributed by atoms with van der Waals surface area (Å²) < 4.78 is 35.9. The van der Waals surface area contributed by atoms with Crippen LogP contribution in [-0.4, -0.2) is 45.8 Å². The van der Waals surface area contributed by atoms with Gasteiger partial charge in [0.2, 0.25) is 0 Å². The Morgan fingerprint density at radius 3 is 2.79 bits per heavy atom. The number of nitrogens with one attached hydrogen (secondary N) is 2. The third-order valence-electron chi connectivity index (χ3n) is 5.24. The number of hydrogen-bond donors (Lipinski definition) is 2. The third-order valence-corrected chi connectivity index (χ3v) is 5.24. The summed E-state index contributed by atoms with van der Waals surface area (Å²) >= 11 is 0. The molecule has 2 aliphatic rings. The molecule has 0 radical (unpaired) electrons. The molecule has 2 N–H and O–H groups in total. The normalized spacial score (nSPS) is 19.3. The van der Waals surface area contributed by atoms with Crippen molar-refractivity contribution in [2.24, 2.45) is 0 Å². The molecule has 0 spiro atoms. The SMILES string of the molecule is COc1cc2ncc(-c3nc(NC4CCNC4)c(F)cc3F)n2nc1C1CC1. The molecule has 1 aliphatic carbocycles. The Kier molecular flexibility index (Phi) is 4.12. The highest BCUT2D eigenvalue weighted by molar-refractivity contribution is 5.63. The first-order chi connectivity index (χ1) is 13.6. The van der Waals surface area contributed by atoms with Gasteiger partial charge in [-0.1, -0.05) is 0 Å². The molecule has 28 heavy (non-hydrogen) atoms. The molecule has 3 aromatic heterocycles. The number of pyridine rings is 1. The second kappa shape index (κ2) is 6.66. The van der Waals surface area contributed by atoms with E-state index in [1.165, 1.54) is 6.20 Å². The van der Waals surface area contributed by atoms with Gasteiger partial charge in [-0.3, -0.25) is 0 Å². The van der Waals surface area contributed by atoms with Crippen LogP contribution in [-0.2, 0) is 0 Å². The second-order valence-corrected chi connectivity index (χ2v) is 7.27. The van der Waals surface area contributed by atoms with E-state index in [0.29, 0.717) is 23.0 Å². The lowest BCUT2D eigenvalue weighted by molar-refractivity contribution is 0.405. The van der Waals surface area contributed by atoms with Gasteiger partial charge in [-0.15, -0.1) is 0 Å². The van der Waals surface area contributed by atoms with Crippen molar-refractivity contribution in [3.8, 4) is 17.1 Å². The van der Waals surface area contributed by atoms with Crippen molar-refractivity contribution in [3.63, 3.8) is 0 Å². The van der Waals surface area contributed by atoms with E-state index in [4.69, 9.17) is 4.74 Å². The van der Waals surface area contributed by atoms with E-state index < -0.39 is 11.6 Å². The Hall–Kier alpha value is -2.81. The number of rotatable bonds is 5. The molecule has 0 bridgehead atoms. The number of methoxy groups -OCH3 is 1. The first-order valence-electron chi connectivity index (χ1n) is 9.40. The predicted molar refractivity (Wildman–Crippen MR) is 99.6 cm³/mol. The number of hydrogen-bond acceptors (Lipinski definition) is 6. The Morgan fingerprint density at radius 2 is 2.07 bits per heavy atom. The minimum Gasteiger partial charge on any atom is -0.495 e. The average Bonchev–Trinajstić information content (AvgIpc) is 3.25. The molecular weight excluding hydrogens is 366 g/mol. The highest BCUT2D eigenvalue weighted by Gasteiger charge is 2.30. The molecule has 7 nitrogen and oxygen atoms in total. The number of aromatic nitrogens is 4. The van der Waals surface area contributed by atoms with Gasteiger partial charge in [-0.25, -0.2) is 23.3 Å². The van der Waals surface area contributed by atoms with E-state index in [9.17, 15) is 8.78 Å². The molecule has 2 fully saturated rings. The Labute approximate surface area is 160 Å². The molecule has 1 aliphatic heterocycles. The van der Waals surface area contributed by atoms with E-state index in [-0.39, 0.29) is 17.6 Å². The molecule has 146 valence electrons. The largest absolute Gasteiger partial charge is 0.495 e. The standard InChI is InChI=1S/C19H20F2N6O/c1-28-15-7-16-23-9-14(27(16)26-17(15)10-2-3-10)18-12(20)6-13(21)19(25-18)24-11-4-5-22-8-11/h6-7,9-11,22H,2-5,8H2,1H3,(H,24,25). The minimum absolute atomic E-state index is 0.0155. The van der Waals surface area contributed by atoms with E-state index in [0.717, 1.165) is 44.1 Å². The molecule has 0 aromatic carbocycles. The summed E-state index contributed by atoms with van der Waals surface area (Å²) in [5.41, 5.74) is 1.75. The smallest absolute Gasteiger partial charge is 0.168 e. The van der Waals surface area contributed by atoms with Gasteiger partial charge in [0.25, 0.3) is 0 Å². The molecule has 1 saturated carbocycles. The summed E-state index contributed by atoms with van der Waals surface area (Å²) in [6.45, 7) is 1.58. The minimum atomic E-state index is -0.750. The van der Waals surface area contributed by atoms with Crippen molar-refractivity contribution in [1.82, 2.24) is 24.9 Å². The summed E-state index contributed by atoms with van der Waals surface area (Å²) in [6, 6.07) is 2.71. The van der Waals surface area contributed by atoms with Crippen LogP contribution in [0.4, 0.5) is 14.6 Å². The van der Waals surface area contributed by atoms with Gasteiger partial charge in [0.1, 0.15) is 22.8 Å². The highest BCUT2D eigenvalue weighted by Crippen LogP contribution is 2.43. The molecule has 4 heterocycles. The fourth-order valence-corrected chi connectivity index (χ4v) is 3.59. The Morgan fingerprint density at radius 1 is 1.21 bits per heavy atom. The Balaban J connectivity index is 1.60. The van der Waals surface area contributed by atoms with Crippen molar-refractivity contribution in [2.45, 2.75) is 31.2 Å². The maximum atomic E-state index is 14.6. The lowest BCUT2D eigenvalue weighted by atomic mass is 10.2. The van der Waals surface area contributed by atoms with Crippen LogP contribution in [0.25, 0.3) is 17.0 Å². The number of ether oxygens (including phenoxy) is 1. The Bertz CT molecular complexity index is 1040. The number of fused-ring (bicyclic) bond motifs is 1. The van der Waals surface area contributed by atoms with Gasteiger partial charge in [0.15, 0.2) is 23.1 Å². The lowest BCUT2D eigenvalue weighted by Crippen LogP contribution is -2.23. The zero-order chi connectivity index (χ0) is 19.3. The van der Waals surface area contributed by atoms with Crippen molar-refractivity contribution >= 4 is 11.5 Å². The first kappa shape index (κ1) is 17.3. The molecule has 1 atom stereocenters. The second-order valence-electron chi connectivity index (χ2n) is 7.27. The summed E-state index contributed by atoms with van der Waals surface area (Å²) in [5, 5.41) is 10.9. The number of imidazole rings is 1. The van der Waals surface area contributed by atoms with Crippen molar-refractivity contribution in [3.05, 3.63) is 35.7 Å². The molecule has 1 unspecified atom stereocenters. The zero-order valence-electron chi connectivity index (χ0n) is 15.4. The summed E-state index contributed by atoms with van der Waals surface area (Å²) in [5.74, 6) is -0.408. The monoisotopic (exact) mass is 386 g/mol. The van der Waals surface area contributed by atoms with Crippen LogP contribution in [0.2, 0.25) is 0 Å². The molecule has 3 aromatic rings. The van der Waals surface area contributed by atoms with Crippen molar-refractivity contribution in [2.75, 3.05) is 25.5 Å². The van der Waals surface area contributed by atoms with Crippen LogP contribution < -0.4 is 15.4 Å². The lowest BCUT2D eigenvalue weighted by Gasteiger charge is -2.14. The summed E-state index contributed by atoms with van der Waals surface area (Å²) in [6.07, 6.45) is 4.45. The van der Waals surface area contributed by atoms with Gasteiger partial charge in [-0.05, 0) is 25.8 Å². The van der Waals surface area contributed by atoms with Crippen LogP contribution >= 0.6 is 0 Å². The maximum Gasteiger partial charge on any atom is 0.168 e. The van der Waals surface area contributed by atoms with Crippen LogP contribution in [0.5, 0.6) is 5.75 Å². The van der Waals surface area contributed by atoms with Gasteiger partial charge < -0.3 is 15.4 Å². The van der Waals surface area contributed by atoms with Gasteiger partial charge in [0.05, 0.1) is 13.3 Å².